The molecule has 2 fully saturated rings. The lowest BCUT2D eigenvalue weighted by molar-refractivity contribution is -0.134. The van der Waals surface area contributed by atoms with E-state index in [1.807, 2.05) is 13.8 Å². The number of nitrogens with zero attached hydrogens (tertiary/aromatic N) is 1. The molecule has 1 aromatic rings. The summed E-state index contributed by atoms with van der Waals surface area (Å²) in [6.45, 7) is 4.07. The number of rotatable bonds is 7. The third-order valence-corrected chi connectivity index (χ3v) is 4.78. The lowest BCUT2D eigenvalue weighted by Gasteiger charge is -2.24. The van der Waals surface area contributed by atoms with E-state index in [1.165, 1.54) is 0 Å². The lowest BCUT2D eigenvalue weighted by atomic mass is 9.90. The first kappa shape index (κ1) is 17.3. The highest BCUT2D eigenvalue weighted by Crippen LogP contribution is 2.44. The Balaban J connectivity index is 1.62. The molecule has 1 aliphatic heterocycles. The van der Waals surface area contributed by atoms with Crippen LogP contribution in [-0.4, -0.2) is 41.4 Å². The molecule has 2 aliphatic rings. The normalized spacial score (nSPS) is 22.7. The first-order valence-electron chi connectivity index (χ1n) is 8.67. The molecule has 1 aliphatic carbocycles. The molecule has 0 unspecified atom stereocenters. The second-order valence-electron chi connectivity index (χ2n) is 6.43. The molecule has 0 bridgehead atoms. The van der Waals surface area contributed by atoms with Crippen LogP contribution < -0.4 is 15.4 Å². The Kier molecular flexibility index (Phi) is 4.65. The van der Waals surface area contributed by atoms with E-state index in [-0.39, 0.29) is 18.4 Å². The molecule has 25 heavy (non-hydrogen) atoms. The van der Waals surface area contributed by atoms with E-state index in [0.717, 1.165) is 17.7 Å². The van der Waals surface area contributed by atoms with Crippen molar-refractivity contribution < 1.29 is 19.1 Å². The van der Waals surface area contributed by atoms with Gasteiger partial charge in [-0.3, -0.25) is 14.5 Å². The summed E-state index contributed by atoms with van der Waals surface area (Å²) in [5, 5.41) is 5.51. The van der Waals surface area contributed by atoms with Gasteiger partial charge in [0, 0.05) is 5.69 Å². The Bertz CT molecular complexity index is 684. The van der Waals surface area contributed by atoms with Gasteiger partial charge in [0.25, 0.3) is 5.91 Å². The molecule has 0 spiro atoms. The maximum atomic E-state index is 12.7. The van der Waals surface area contributed by atoms with Crippen molar-refractivity contribution in [3.63, 3.8) is 0 Å². The minimum absolute atomic E-state index is 0.188. The van der Waals surface area contributed by atoms with Gasteiger partial charge in [-0.05, 0) is 56.4 Å². The molecule has 2 N–H and O–H groups in total. The largest absolute Gasteiger partial charge is 0.494 e. The summed E-state index contributed by atoms with van der Waals surface area (Å²) in [5.74, 6) is 0.208. The fourth-order valence-corrected chi connectivity index (χ4v) is 3.31. The second kappa shape index (κ2) is 6.74. The molecule has 1 heterocycles. The smallest absolute Gasteiger partial charge is 0.325 e. The topological polar surface area (TPSA) is 87.7 Å². The molecule has 1 saturated carbocycles. The zero-order valence-corrected chi connectivity index (χ0v) is 14.5. The van der Waals surface area contributed by atoms with Gasteiger partial charge in [0.15, 0.2) is 0 Å². The predicted octanol–water partition coefficient (Wildman–Crippen LogP) is 2.13. The first-order chi connectivity index (χ1) is 12.0. The van der Waals surface area contributed by atoms with Crippen LogP contribution in [0.2, 0.25) is 0 Å². The summed E-state index contributed by atoms with van der Waals surface area (Å²) in [4.78, 5) is 38.2. The Morgan fingerprint density at radius 2 is 1.96 bits per heavy atom. The van der Waals surface area contributed by atoms with E-state index in [2.05, 4.69) is 10.6 Å². The number of nitrogens with one attached hydrogen (secondary N) is 2. The quantitative estimate of drug-likeness (QED) is 0.741. The SMILES string of the molecule is CCOc1ccc(NC(=O)CN2C(=O)N[C@](CC)(C3CC3)C2=O)cc1. The van der Waals surface area contributed by atoms with Crippen molar-refractivity contribution in [2.75, 3.05) is 18.5 Å². The van der Waals surface area contributed by atoms with E-state index < -0.39 is 17.5 Å². The van der Waals surface area contributed by atoms with Crippen LogP contribution in [0.1, 0.15) is 33.1 Å². The average Bonchev–Trinajstić information content (AvgIpc) is 3.41. The van der Waals surface area contributed by atoms with E-state index in [1.54, 1.807) is 24.3 Å². The van der Waals surface area contributed by atoms with Crippen LogP contribution in [0.3, 0.4) is 0 Å². The van der Waals surface area contributed by atoms with Crippen LogP contribution in [0, 0.1) is 5.92 Å². The van der Waals surface area contributed by atoms with Gasteiger partial charge in [0.1, 0.15) is 17.8 Å². The molecule has 0 radical (unpaired) electrons. The van der Waals surface area contributed by atoms with E-state index >= 15 is 0 Å². The summed E-state index contributed by atoms with van der Waals surface area (Å²) >= 11 is 0. The third kappa shape index (κ3) is 3.31. The molecular formula is C18H23N3O4. The Morgan fingerprint density at radius 1 is 1.28 bits per heavy atom. The highest BCUT2D eigenvalue weighted by atomic mass is 16.5. The molecule has 7 heteroatoms. The molecule has 1 aromatic carbocycles. The number of ether oxygens (including phenoxy) is 1. The second-order valence-corrected chi connectivity index (χ2v) is 6.43. The van der Waals surface area contributed by atoms with E-state index in [0.29, 0.717) is 24.5 Å². The predicted molar refractivity (Wildman–Crippen MR) is 92.2 cm³/mol. The minimum Gasteiger partial charge on any atom is -0.494 e. The Hall–Kier alpha value is -2.57. The number of carbonyl (C=O) groups is 3. The minimum atomic E-state index is -0.823. The number of hydrogen-bond donors (Lipinski definition) is 2. The average molecular weight is 345 g/mol. The zero-order valence-electron chi connectivity index (χ0n) is 14.5. The molecule has 0 aromatic heterocycles. The van der Waals surface area contributed by atoms with Gasteiger partial charge in [0.2, 0.25) is 5.91 Å². The summed E-state index contributed by atoms with van der Waals surface area (Å²) in [6.07, 6.45) is 2.41. The summed E-state index contributed by atoms with van der Waals surface area (Å²) in [6, 6.07) is 6.45. The van der Waals surface area contributed by atoms with Crippen LogP contribution in [0.15, 0.2) is 24.3 Å². The molecule has 4 amide bonds. The lowest BCUT2D eigenvalue weighted by Crippen LogP contribution is -2.49. The van der Waals surface area contributed by atoms with Crippen LogP contribution in [0.5, 0.6) is 5.75 Å². The molecule has 134 valence electrons. The number of amides is 4. The van der Waals surface area contributed by atoms with Crippen LogP contribution in [-0.2, 0) is 9.59 Å². The number of carbonyl (C=O) groups excluding carboxylic acids is 3. The Morgan fingerprint density at radius 3 is 2.52 bits per heavy atom. The maximum absolute atomic E-state index is 12.7. The van der Waals surface area contributed by atoms with Crippen LogP contribution >= 0.6 is 0 Å². The van der Waals surface area contributed by atoms with Crippen molar-refractivity contribution in [1.29, 1.82) is 0 Å². The van der Waals surface area contributed by atoms with Gasteiger partial charge in [-0.15, -0.1) is 0 Å². The number of benzene rings is 1. The first-order valence-corrected chi connectivity index (χ1v) is 8.67. The van der Waals surface area contributed by atoms with Crippen LogP contribution in [0.4, 0.5) is 10.5 Å². The zero-order chi connectivity index (χ0) is 18.0. The molecule has 1 atom stereocenters. The highest BCUT2D eigenvalue weighted by molar-refractivity contribution is 6.10. The van der Waals surface area contributed by atoms with Gasteiger partial charge in [-0.25, -0.2) is 4.79 Å². The van der Waals surface area contributed by atoms with Gasteiger partial charge in [-0.1, -0.05) is 6.92 Å². The molecule has 3 rings (SSSR count). The van der Waals surface area contributed by atoms with Crippen molar-refractivity contribution >= 4 is 23.5 Å². The molecule has 7 nitrogen and oxygen atoms in total. The molecular weight excluding hydrogens is 322 g/mol. The summed E-state index contributed by atoms with van der Waals surface area (Å²) in [5.41, 5.74) is -0.235. The maximum Gasteiger partial charge on any atom is 0.325 e. The fraction of sp³-hybridized carbons (Fsp3) is 0.500. The Labute approximate surface area is 146 Å². The van der Waals surface area contributed by atoms with Crippen molar-refractivity contribution in [1.82, 2.24) is 10.2 Å². The van der Waals surface area contributed by atoms with Gasteiger partial charge in [-0.2, -0.15) is 0 Å². The number of imide groups is 1. The standard InChI is InChI=1S/C18H23N3O4/c1-3-18(12-5-6-12)16(23)21(17(24)20-18)11-15(22)19-13-7-9-14(10-8-13)25-4-2/h7-10,12H,3-6,11H2,1-2H3,(H,19,22)(H,20,24)/t18-/m1/s1. The molecule has 1 saturated heterocycles. The van der Waals surface area contributed by atoms with Gasteiger partial charge >= 0.3 is 6.03 Å². The van der Waals surface area contributed by atoms with Crippen molar-refractivity contribution in [3.05, 3.63) is 24.3 Å². The monoisotopic (exact) mass is 345 g/mol. The van der Waals surface area contributed by atoms with Gasteiger partial charge in [0.05, 0.1) is 6.61 Å². The van der Waals surface area contributed by atoms with E-state index in [4.69, 9.17) is 4.74 Å². The van der Waals surface area contributed by atoms with E-state index in [9.17, 15) is 14.4 Å². The highest BCUT2D eigenvalue weighted by Gasteiger charge is 2.58. The number of urea groups is 1. The fourth-order valence-electron chi connectivity index (χ4n) is 3.31. The number of hydrogen-bond acceptors (Lipinski definition) is 4. The van der Waals surface area contributed by atoms with Gasteiger partial charge < -0.3 is 15.4 Å². The van der Waals surface area contributed by atoms with Crippen molar-refractivity contribution in [3.8, 4) is 5.75 Å². The van der Waals surface area contributed by atoms with Crippen molar-refractivity contribution in [2.45, 2.75) is 38.6 Å². The van der Waals surface area contributed by atoms with Crippen LogP contribution in [0.25, 0.3) is 0 Å². The van der Waals surface area contributed by atoms with Crippen molar-refractivity contribution in [2.24, 2.45) is 5.92 Å². The third-order valence-electron chi connectivity index (χ3n) is 4.78. The summed E-state index contributed by atoms with van der Waals surface area (Å²) < 4.78 is 5.35. The number of anilines is 1. The summed E-state index contributed by atoms with van der Waals surface area (Å²) in [7, 11) is 0.